The third-order valence-corrected chi connectivity index (χ3v) is 7.41. The normalized spacial score (nSPS) is 19.8. The highest BCUT2D eigenvalue weighted by molar-refractivity contribution is 7.89. The number of thiophene rings is 1. The van der Waals surface area contributed by atoms with Crippen molar-refractivity contribution in [2.45, 2.75) is 23.8 Å². The Hall–Kier alpha value is -2.43. The molecule has 0 spiro atoms. The molecule has 2 aromatic heterocycles. The number of hydrogen-bond acceptors (Lipinski definition) is 8. The van der Waals surface area contributed by atoms with Gasteiger partial charge in [-0.15, -0.1) is 10.2 Å². The number of benzene rings is 1. The summed E-state index contributed by atoms with van der Waals surface area (Å²) in [6.07, 6.45) is 1.36. The molecule has 4 heterocycles. The summed E-state index contributed by atoms with van der Waals surface area (Å²) in [6.45, 7) is 1.25. The average molecular weight is 419 g/mol. The van der Waals surface area contributed by atoms with Crippen LogP contribution in [-0.4, -0.2) is 42.7 Å². The van der Waals surface area contributed by atoms with E-state index in [0.717, 1.165) is 12.0 Å². The molecule has 3 aromatic rings. The van der Waals surface area contributed by atoms with Crippen LogP contribution in [0.3, 0.4) is 0 Å². The van der Waals surface area contributed by atoms with Crippen LogP contribution in [0.1, 0.15) is 24.8 Å². The van der Waals surface area contributed by atoms with Gasteiger partial charge in [0.15, 0.2) is 11.5 Å². The van der Waals surface area contributed by atoms with E-state index in [1.54, 1.807) is 12.1 Å². The molecular formula is C18H17N3O5S2. The number of fused-ring (bicyclic) bond motifs is 1. The summed E-state index contributed by atoms with van der Waals surface area (Å²) in [5.74, 6) is 1.72. The van der Waals surface area contributed by atoms with Crippen molar-refractivity contribution in [3.05, 3.63) is 40.9 Å². The molecular weight excluding hydrogens is 402 g/mol. The molecule has 1 fully saturated rings. The maximum atomic E-state index is 13.3. The molecule has 8 nitrogen and oxygen atoms in total. The molecule has 0 amide bonds. The molecule has 1 atom stereocenters. The van der Waals surface area contributed by atoms with Crippen molar-refractivity contribution in [1.82, 2.24) is 14.5 Å². The standard InChI is InChI=1S/C18H17N3O5S2/c22-28(23,13-3-4-15-16(10-13)25-8-7-24-15)21-6-1-2-14(21)18-20-19-17(26-18)12-5-9-27-11-12/h3-5,9-11,14H,1-2,6-8H2/t14-/m0/s1. The van der Waals surface area contributed by atoms with Crippen molar-refractivity contribution >= 4 is 21.4 Å². The Bertz CT molecular complexity index is 1090. The zero-order valence-electron chi connectivity index (χ0n) is 14.8. The molecule has 1 saturated heterocycles. The first-order valence-corrected chi connectivity index (χ1v) is 11.3. The lowest BCUT2D eigenvalue weighted by Gasteiger charge is -2.23. The van der Waals surface area contributed by atoms with E-state index < -0.39 is 16.1 Å². The molecule has 10 heteroatoms. The number of ether oxygens (including phenoxy) is 2. The first kappa shape index (κ1) is 17.7. The highest BCUT2D eigenvalue weighted by atomic mass is 32.2. The second kappa shape index (κ2) is 6.87. The van der Waals surface area contributed by atoms with Crippen LogP contribution in [0.4, 0.5) is 0 Å². The Labute approximate surface area is 165 Å². The lowest BCUT2D eigenvalue weighted by Crippen LogP contribution is -2.31. The summed E-state index contributed by atoms with van der Waals surface area (Å²) in [4.78, 5) is 0.168. The first-order valence-electron chi connectivity index (χ1n) is 8.90. The van der Waals surface area contributed by atoms with E-state index in [4.69, 9.17) is 13.9 Å². The molecule has 28 heavy (non-hydrogen) atoms. The van der Waals surface area contributed by atoms with E-state index in [0.29, 0.717) is 49.5 Å². The van der Waals surface area contributed by atoms with Gasteiger partial charge >= 0.3 is 0 Å². The Morgan fingerprint density at radius 2 is 1.96 bits per heavy atom. The van der Waals surface area contributed by atoms with Gasteiger partial charge in [0.2, 0.25) is 21.8 Å². The SMILES string of the molecule is O=S(=O)(c1ccc2c(c1)OCCO2)N1CCC[C@H]1c1nnc(-c2ccsc2)o1. The van der Waals surface area contributed by atoms with Gasteiger partial charge in [-0.2, -0.15) is 15.6 Å². The Morgan fingerprint density at radius 3 is 2.79 bits per heavy atom. The second-order valence-electron chi connectivity index (χ2n) is 6.54. The van der Waals surface area contributed by atoms with Crippen molar-refractivity contribution in [2.75, 3.05) is 19.8 Å². The van der Waals surface area contributed by atoms with Crippen LogP contribution in [0.25, 0.3) is 11.5 Å². The summed E-state index contributed by atoms with van der Waals surface area (Å²) >= 11 is 1.53. The van der Waals surface area contributed by atoms with Crippen LogP contribution in [0, 0.1) is 0 Å². The van der Waals surface area contributed by atoms with Crippen LogP contribution in [0.15, 0.2) is 44.3 Å². The smallest absolute Gasteiger partial charge is 0.248 e. The molecule has 0 saturated carbocycles. The van der Waals surface area contributed by atoms with Crippen molar-refractivity contribution in [2.24, 2.45) is 0 Å². The molecule has 2 aliphatic heterocycles. The van der Waals surface area contributed by atoms with Crippen LogP contribution >= 0.6 is 11.3 Å². The summed E-state index contributed by atoms with van der Waals surface area (Å²) < 4.78 is 44.8. The molecule has 5 rings (SSSR count). The maximum absolute atomic E-state index is 13.3. The van der Waals surface area contributed by atoms with Crippen molar-refractivity contribution in [1.29, 1.82) is 0 Å². The van der Waals surface area contributed by atoms with Gasteiger partial charge < -0.3 is 13.9 Å². The second-order valence-corrected chi connectivity index (χ2v) is 9.21. The van der Waals surface area contributed by atoms with Gasteiger partial charge in [0.1, 0.15) is 19.3 Å². The van der Waals surface area contributed by atoms with Crippen LogP contribution in [0.2, 0.25) is 0 Å². The summed E-state index contributed by atoms with van der Waals surface area (Å²) in [7, 11) is -3.74. The van der Waals surface area contributed by atoms with Gasteiger partial charge in [-0.1, -0.05) is 0 Å². The molecule has 0 unspecified atom stereocenters. The molecule has 0 aliphatic carbocycles. The first-order chi connectivity index (χ1) is 13.6. The van der Waals surface area contributed by atoms with E-state index >= 15 is 0 Å². The minimum absolute atomic E-state index is 0.168. The van der Waals surface area contributed by atoms with Gasteiger partial charge in [-0.05, 0) is 36.4 Å². The maximum Gasteiger partial charge on any atom is 0.248 e. The van der Waals surface area contributed by atoms with E-state index in [1.807, 2.05) is 16.8 Å². The largest absolute Gasteiger partial charge is 0.486 e. The zero-order valence-corrected chi connectivity index (χ0v) is 16.4. The molecule has 146 valence electrons. The fraction of sp³-hybridized carbons (Fsp3) is 0.333. The Kier molecular flexibility index (Phi) is 4.33. The predicted octanol–water partition coefficient (Wildman–Crippen LogP) is 3.10. The van der Waals surface area contributed by atoms with Gasteiger partial charge in [0.05, 0.1) is 4.90 Å². The number of rotatable bonds is 4. The topological polar surface area (TPSA) is 94.8 Å². The highest BCUT2D eigenvalue weighted by Gasteiger charge is 2.39. The molecule has 1 aromatic carbocycles. The zero-order chi connectivity index (χ0) is 19.1. The van der Waals surface area contributed by atoms with E-state index in [-0.39, 0.29) is 4.90 Å². The molecule has 0 N–H and O–H groups in total. The number of aromatic nitrogens is 2. The lowest BCUT2D eigenvalue weighted by atomic mass is 10.2. The van der Waals surface area contributed by atoms with Crippen molar-refractivity contribution in [3.8, 4) is 23.0 Å². The third kappa shape index (κ3) is 2.97. The molecule has 0 radical (unpaired) electrons. The van der Waals surface area contributed by atoms with Crippen molar-refractivity contribution < 1.29 is 22.3 Å². The fourth-order valence-corrected chi connectivity index (χ4v) is 5.76. The molecule has 2 aliphatic rings. The average Bonchev–Trinajstić information content (AvgIpc) is 3.48. The Balaban J connectivity index is 1.46. The van der Waals surface area contributed by atoms with Gasteiger partial charge in [0, 0.05) is 23.6 Å². The highest BCUT2D eigenvalue weighted by Crippen LogP contribution is 2.39. The van der Waals surface area contributed by atoms with E-state index in [1.165, 1.54) is 21.7 Å². The fourth-order valence-electron chi connectivity index (χ4n) is 3.47. The summed E-state index contributed by atoms with van der Waals surface area (Å²) in [5.41, 5.74) is 0.836. The monoisotopic (exact) mass is 419 g/mol. The van der Waals surface area contributed by atoms with Gasteiger partial charge in [-0.25, -0.2) is 8.42 Å². The van der Waals surface area contributed by atoms with Crippen LogP contribution in [-0.2, 0) is 10.0 Å². The minimum atomic E-state index is -3.74. The third-order valence-electron chi connectivity index (χ3n) is 4.82. The minimum Gasteiger partial charge on any atom is -0.486 e. The Morgan fingerprint density at radius 1 is 1.11 bits per heavy atom. The summed E-state index contributed by atoms with van der Waals surface area (Å²) in [6, 6.07) is 6.11. The van der Waals surface area contributed by atoms with Gasteiger partial charge in [0.25, 0.3) is 0 Å². The lowest BCUT2D eigenvalue weighted by molar-refractivity contribution is 0.171. The van der Waals surface area contributed by atoms with E-state index in [9.17, 15) is 8.42 Å². The van der Waals surface area contributed by atoms with Crippen molar-refractivity contribution in [3.63, 3.8) is 0 Å². The number of nitrogens with zero attached hydrogens (tertiary/aromatic N) is 3. The number of sulfonamides is 1. The van der Waals surface area contributed by atoms with Crippen LogP contribution < -0.4 is 9.47 Å². The van der Waals surface area contributed by atoms with Gasteiger partial charge in [-0.3, -0.25) is 0 Å². The van der Waals surface area contributed by atoms with Crippen LogP contribution in [0.5, 0.6) is 11.5 Å². The molecule has 0 bridgehead atoms. The number of hydrogen-bond donors (Lipinski definition) is 0. The predicted molar refractivity (Wildman–Crippen MR) is 101 cm³/mol. The summed E-state index contributed by atoms with van der Waals surface area (Å²) in [5, 5.41) is 12.0. The quantitative estimate of drug-likeness (QED) is 0.641. The van der Waals surface area contributed by atoms with E-state index in [2.05, 4.69) is 10.2 Å².